The number of ketones is 1. The number of para-hydroxylation sites is 1. The summed E-state index contributed by atoms with van der Waals surface area (Å²) in [5.74, 6) is -0.254. The van der Waals surface area contributed by atoms with Crippen molar-refractivity contribution in [2.45, 2.75) is 6.42 Å². The largest absolute Gasteiger partial charge is 0.361 e. The number of anilines is 1. The predicted octanol–water partition coefficient (Wildman–Crippen LogP) is 6.01. The number of amides is 1. The second-order valence-corrected chi connectivity index (χ2v) is 7.84. The molecule has 0 aliphatic heterocycles. The van der Waals surface area contributed by atoms with E-state index < -0.39 is 0 Å². The van der Waals surface area contributed by atoms with Crippen LogP contribution in [0.5, 0.6) is 0 Å². The summed E-state index contributed by atoms with van der Waals surface area (Å²) in [7, 11) is 0. The number of benzene rings is 3. The molecule has 0 spiro atoms. The van der Waals surface area contributed by atoms with Crippen LogP contribution in [0.2, 0.25) is 0 Å². The van der Waals surface area contributed by atoms with Crippen LogP contribution in [0.1, 0.15) is 21.5 Å². The Bertz CT molecular complexity index is 1260. The Balaban J connectivity index is 1.44. The Morgan fingerprint density at radius 2 is 1.80 bits per heavy atom. The van der Waals surface area contributed by atoms with Crippen molar-refractivity contribution >= 4 is 50.3 Å². The van der Waals surface area contributed by atoms with E-state index in [1.807, 2.05) is 54.7 Å². The molecule has 30 heavy (non-hydrogen) atoms. The number of hydrogen-bond acceptors (Lipinski definition) is 2. The lowest BCUT2D eigenvalue weighted by Crippen LogP contribution is -2.14. The fraction of sp³-hybridized carbons (Fsp3) is 0.0400. The van der Waals surface area contributed by atoms with Crippen LogP contribution in [0, 0.1) is 0 Å². The summed E-state index contributed by atoms with van der Waals surface area (Å²) in [6.07, 6.45) is 5.50. The van der Waals surface area contributed by atoms with Gasteiger partial charge in [0.25, 0.3) is 0 Å². The molecule has 0 bridgehead atoms. The normalized spacial score (nSPS) is 11.1. The van der Waals surface area contributed by atoms with Gasteiger partial charge in [-0.15, -0.1) is 0 Å². The van der Waals surface area contributed by atoms with Crippen molar-refractivity contribution in [2.75, 3.05) is 5.32 Å². The third-order valence-electron chi connectivity index (χ3n) is 4.72. The molecule has 0 unspecified atom stereocenters. The molecule has 5 heteroatoms. The lowest BCUT2D eigenvalue weighted by Gasteiger charge is -2.07. The van der Waals surface area contributed by atoms with Gasteiger partial charge >= 0.3 is 0 Å². The molecule has 0 radical (unpaired) electrons. The summed E-state index contributed by atoms with van der Waals surface area (Å²) in [6.45, 7) is 0. The van der Waals surface area contributed by atoms with Crippen LogP contribution in [-0.4, -0.2) is 16.7 Å². The Kier molecular flexibility index (Phi) is 5.91. The van der Waals surface area contributed by atoms with Crippen LogP contribution in [0.4, 0.5) is 5.69 Å². The molecule has 0 aliphatic carbocycles. The van der Waals surface area contributed by atoms with Gasteiger partial charge in [0.05, 0.1) is 6.42 Å². The highest BCUT2D eigenvalue weighted by Crippen LogP contribution is 2.20. The third kappa shape index (κ3) is 4.75. The molecular weight excluding hydrogens is 440 g/mol. The predicted molar refractivity (Wildman–Crippen MR) is 125 cm³/mol. The smallest absolute Gasteiger partial charge is 0.228 e. The van der Waals surface area contributed by atoms with E-state index >= 15 is 0 Å². The number of rotatable bonds is 6. The van der Waals surface area contributed by atoms with Gasteiger partial charge in [-0.1, -0.05) is 58.4 Å². The number of aromatic amines is 1. The molecule has 148 valence electrons. The van der Waals surface area contributed by atoms with E-state index in [2.05, 4.69) is 26.2 Å². The van der Waals surface area contributed by atoms with E-state index in [4.69, 9.17) is 0 Å². The van der Waals surface area contributed by atoms with E-state index in [0.717, 1.165) is 26.5 Å². The average molecular weight is 459 g/mol. The maximum atomic E-state index is 12.6. The van der Waals surface area contributed by atoms with Gasteiger partial charge in [-0.05, 0) is 53.6 Å². The molecule has 0 atom stereocenters. The molecule has 4 nitrogen and oxygen atoms in total. The van der Waals surface area contributed by atoms with E-state index in [9.17, 15) is 9.59 Å². The van der Waals surface area contributed by atoms with Crippen molar-refractivity contribution in [1.29, 1.82) is 0 Å². The Labute approximate surface area is 182 Å². The van der Waals surface area contributed by atoms with Crippen molar-refractivity contribution < 1.29 is 9.59 Å². The van der Waals surface area contributed by atoms with Crippen molar-refractivity contribution in [3.8, 4) is 0 Å². The fourth-order valence-corrected chi connectivity index (χ4v) is 3.73. The van der Waals surface area contributed by atoms with Crippen molar-refractivity contribution in [3.63, 3.8) is 0 Å². The quantitative estimate of drug-likeness (QED) is 0.274. The molecule has 4 rings (SSSR count). The molecule has 0 fully saturated rings. The van der Waals surface area contributed by atoms with Gasteiger partial charge in [-0.25, -0.2) is 0 Å². The number of carbonyl (C=O) groups is 2. The summed E-state index contributed by atoms with van der Waals surface area (Å²) in [5, 5.41) is 3.93. The second kappa shape index (κ2) is 8.93. The average Bonchev–Trinajstić information content (AvgIpc) is 3.15. The minimum atomic E-state index is -0.132. The molecule has 1 heterocycles. The summed E-state index contributed by atoms with van der Waals surface area (Å²) >= 11 is 3.41. The Morgan fingerprint density at radius 1 is 0.967 bits per heavy atom. The van der Waals surface area contributed by atoms with Crippen LogP contribution in [0.15, 0.2) is 89.5 Å². The number of aromatic nitrogens is 1. The van der Waals surface area contributed by atoms with E-state index in [0.29, 0.717) is 11.3 Å². The number of hydrogen-bond donors (Lipinski definition) is 2. The molecule has 0 saturated carbocycles. The molecular formula is C25H19BrN2O2. The van der Waals surface area contributed by atoms with Gasteiger partial charge in [0.2, 0.25) is 5.91 Å². The third-order valence-corrected chi connectivity index (χ3v) is 5.21. The monoisotopic (exact) mass is 458 g/mol. The SMILES string of the molecule is O=C(Cc1cccc(Br)c1)Nc1cccc(C(=O)/C=C/c2c[nH]c3ccccc23)c1. The van der Waals surface area contributed by atoms with Gasteiger partial charge in [0.15, 0.2) is 5.78 Å². The zero-order valence-electron chi connectivity index (χ0n) is 16.1. The first-order valence-corrected chi connectivity index (χ1v) is 10.3. The number of allylic oxidation sites excluding steroid dienone is 1. The van der Waals surface area contributed by atoms with Gasteiger partial charge in [-0.2, -0.15) is 0 Å². The number of halogens is 1. The molecule has 1 amide bonds. The molecule has 1 aromatic heterocycles. The molecule has 0 saturated heterocycles. The van der Waals surface area contributed by atoms with Crippen molar-refractivity contribution in [3.05, 3.63) is 106 Å². The maximum absolute atomic E-state index is 12.6. The Morgan fingerprint density at radius 3 is 2.67 bits per heavy atom. The first-order valence-electron chi connectivity index (χ1n) is 9.51. The van der Waals surface area contributed by atoms with Crippen LogP contribution < -0.4 is 5.32 Å². The zero-order chi connectivity index (χ0) is 20.9. The highest BCUT2D eigenvalue weighted by atomic mass is 79.9. The lowest BCUT2D eigenvalue weighted by molar-refractivity contribution is -0.115. The van der Waals surface area contributed by atoms with Crippen LogP contribution in [0.25, 0.3) is 17.0 Å². The highest BCUT2D eigenvalue weighted by Gasteiger charge is 2.08. The standard InChI is InChI=1S/C25H19BrN2O2/c26-20-7-3-5-17(13-20)14-25(30)28-21-8-4-6-18(15-21)24(29)12-11-19-16-27-23-10-2-1-9-22(19)23/h1-13,15-16,27H,14H2,(H,28,30)/b12-11+. The van der Waals surface area contributed by atoms with Crippen molar-refractivity contribution in [2.24, 2.45) is 0 Å². The number of carbonyl (C=O) groups excluding carboxylic acids is 2. The van der Waals surface area contributed by atoms with Gasteiger partial charge < -0.3 is 10.3 Å². The minimum absolute atomic E-state index is 0.122. The number of nitrogens with one attached hydrogen (secondary N) is 2. The first-order chi connectivity index (χ1) is 14.6. The number of H-pyrrole nitrogens is 1. The molecule has 3 aromatic carbocycles. The zero-order valence-corrected chi connectivity index (χ0v) is 17.6. The van der Waals surface area contributed by atoms with E-state index in [1.165, 1.54) is 0 Å². The van der Waals surface area contributed by atoms with Gasteiger partial charge in [0, 0.05) is 32.8 Å². The molecule has 2 N–H and O–H groups in total. The van der Waals surface area contributed by atoms with E-state index in [-0.39, 0.29) is 18.1 Å². The molecule has 4 aromatic rings. The summed E-state index contributed by atoms with van der Waals surface area (Å²) in [5.41, 5.74) is 4.01. The summed E-state index contributed by atoms with van der Waals surface area (Å²) in [4.78, 5) is 28.2. The maximum Gasteiger partial charge on any atom is 0.228 e. The van der Waals surface area contributed by atoms with Crippen LogP contribution >= 0.6 is 15.9 Å². The lowest BCUT2D eigenvalue weighted by atomic mass is 10.1. The second-order valence-electron chi connectivity index (χ2n) is 6.92. The van der Waals surface area contributed by atoms with Gasteiger partial charge in [0.1, 0.15) is 0 Å². The Hall–Kier alpha value is -3.44. The highest BCUT2D eigenvalue weighted by molar-refractivity contribution is 9.10. The summed E-state index contributed by atoms with van der Waals surface area (Å²) in [6, 6.07) is 22.5. The number of fused-ring (bicyclic) bond motifs is 1. The van der Waals surface area contributed by atoms with Crippen LogP contribution in [0.3, 0.4) is 0 Å². The summed E-state index contributed by atoms with van der Waals surface area (Å²) < 4.78 is 0.933. The first kappa shape index (κ1) is 19.9. The minimum Gasteiger partial charge on any atom is -0.361 e. The van der Waals surface area contributed by atoms with Gasteiger partial charge in [-0.3, -0.25) is 9.59 Å². The topological polar surface area (TPSA) is 62.0 Å². The molecule has 0 aliphatic rings. The van der Waals surface area contributed by atoms with Crippen LogP contribution in [-0.2, 0) is 11.2 Å². The van der Waals surface area contributed by atoms with Crippen molar-refractivity contribution in [1.82, 2.24) is 4.98 Å². The van der Waals surface area contributed by atoms with E-state index in [1.54, 1.807) is 36.4 Å². The fourth-order valence-electron chi connectivity index (χ4n) is 3.28.